The van der Waals surface area contributed by atoms with Gasteiger partial charge in [0.1, 0.15) is 0 Å². The van der Waals surface area contributed by atoms with E-state index < -0.39 is 17.8 Å². The van der Waals surface area contributed by atoms with E-state index in [0.717, 1.165) is 5.56 Å². The van der Waals surface area contributed by atoms with Gasteiger partial charge < -0.3 is 18.4 Å². The van der Waals surface area contributed by atoms with Crippen LogP contribution in [0.15, 0.2) is 54.6 Å². The van der Waals surface area contributed by atoms with Gasteiger partial charge in [0.05, 0.1) is 18.4 Å². The first-order valence-corrected chi connectivity index (χ1v) is 7.32. The van der Waals surface area contributed by atoms with Crippen molar-refractivity contribution in [1.82, 2.24) is 0 Å². The molecule has 0 saturated heterocycles. The predicted octanol–water partition coefficient (Wildman–Crippen LogP) is 2.43. The maximum Gasteiger partial charge on any atom is 2.00 e. The number of hydrogen-bond donors (Lipinski definition) is 3. The van der Waals surface area contributed by atoms with Gasteiger partial charge in [-0.25, -0.2) is 0 Å². The fraction of sp³-hybridized carbons (Fsp3) is 0.222. The van der Waals surface area contributed by atoms with Crippen molar-refractivity contribution in [2.45, 2.75) is 18.8 Å². The molecule has 2 rings (SSSR count). The summed E-state index contributed by atoms with van der Waals surface area (Å²) >= 11 is 0. The number of carbonyl (C=O) groups is 2. The standard InChI is InChI=1S/C18H19NO4.Ca.2H/c1-12(18(22)23)14-8-5-9-15(10-14)19-17(21)16(11-20)13-6-3-2-4-7-13;;;/h2-10,12,16,20H,11H2,1H3,(H,19,21)(H,22,23);;;/q;+2;2*-1. The van der Waals surface area contributed by atoms with Crippen LogP contribution in [-0.2, 0) is 9.59 Å². The molecule has 0 spiro atoms. The first kappa shape index (κ1) is 20.6. The Kier molecular flexibility index (Phi) is 8.42. The zero-order chi connectivity index (χ0) is 16.8. The Balaban J connectivity index is 0. The molecule has 2 aromatic rings. The molecule has 0 aliphatic carbocycles. The number of nitrogens with one attached hydrogen (secondary N) is 1. The minimum absolute atomic E-state index is 0. The number of anilines is 1. The van der Waals surface area contributed by atoms with Crippen LogP contribution in [0.2, 0.25) is 0 Å². The van der Waals surface area contributed by atoms with Crippen molar-refractivity contribution in [3.8, 4) is 0 Å². The molecule has 2 unspecified atom stereocenters. The van der Waals surface area contributed by atoms with Crippen LogP contribution in [0.1, 0.15) is 32.7 Å². The Bertz CT molecular complexity index is 701. The molecule has 2 atom stereocenters. The number of aliphatic hydroxyl groups is 1. The third kappa shape index (κ3) is 5.31. The first-order valence-electron chi connectivity index (χ1n) is 7.32. The Morgan fingerprint density at radius 3 is 2.29 bits per heavy atom. The first-order chi connectivity index (χ1) is 11.0. The van der Waals surface area contributed by atoms with E-state index in [9.17, 15) is 14.7 Å². The zero-order valence-corrected chi connectivity index (χ0v) is 15.7. The number of hydrogen-bond acceptors (Lipinski definition) is 3. The Hall–Kier alpha value is -1.40. The van der Waals surface area contributed by atoms with E-state index >= 15 is 0 Å². The molecule has 0 heterocycles. The molecule has 0 aliphatic heterocycles. The second-order valence-corrected chi connectivity index (χ2v) is 5.32. The number of carboxylic acids is 1. The van der Waals surface area contributed by atoms with Crippen LogP contribution in [0, 0.1) is 0 Å². The summed E-state index contributed by atoms with van der Waals surface area (Å²) in [7, 11) is 0. The summed E-state index contributed by atoms with van der Waals surface area (Å²) in [5.41, 5.74) is 1.84. The van der Waals surface area contributed by atoms with Gasteiger partial charge in [-0.2, -0.15) is 0 Å². The van der Waals surface area contributed by atoms with E-state index in [4.69, 9.17) is 5.11 Å². The molecule has 0 saturated carbocycles. The summed E-state index contributed by atoms with van der Waals surface area (Å²) in [6, 6.07) is 15.7. The van der Waals surface area contributed by atoms with E-state index in [-0.39, 0.29) is 53.1 Å². The van der Waals surface area contributed by atoms with Crippen LogP contribution >= 0.6 is 0 Å². The van der Waals surface area contributed by atoms with Gasteiger partial charge in [0.25, 0.3) is 0 Å². The zero-order valence-electron chi connectivity index (χ0n) is 15.5. The van der Waals surface area contributed by atoms with Gasteiger partial charge in [-0.15, -0.1) is 0 Å². The van der Waals surface area contributed by atoms with Crippen molar-refractivity contribution in [3.05, 3.63) is 65.7 Å². The molecule has 3 N–H and O–H groups in total. The quantitative estimate of drug-likeness (QED) is 0.695. The molecule has 6 heteroatoms. The van der Waals surface area contributed by atoms with Crippen LogP contribution in [0.25, 0.3) is 0 Å². The van der Waals surface area contributed by atoms with Crippen molar-refractivity contribution in [2.24, 2.45) is 0 Å². The Morgan fingerprint density at radius 2 is 1.71 bits per heavy atom. The number of carbonyl (C=O) groups excluding carboxylic acids is 1. The van der Waals surface area contributed by atoms with Gasteiger partial charge in [0, 0.05) is 5.69 Å². The van der Waals surface area contributed by atoms with E-state index in [1.54, 1.807) is 55.5 Å². The maximum absolute atomic E-state index is 12.4. The van der Waals surface area contributed by atoms with Crippen LogP contribution in [-0.4, -0.2) is 66.4 Å². The average molecular weight is 355 g/mol. The van der Waals surface area contributed by atoms with E-state index in [1.807, 2.05) is 6.07 Å². The van der Waals surface area contributed by atoms with E-state index in [1.165, 1.54) is 0 Å². The minimum atomic E-state index is -0.925. The molecule has 24 heavy (non-hydrogen) atoms. The minimum Gasteiger partial charge on any atom is -1.00 e. The average Bonchev–Trinajstić information content (AvgIpc) is 2.56. The second-order valence-electron chi connectivity index (χ2n) is 5.32. The number of aliphatic hydroxyl groups excluding tert-OH is 1. The van der Waals surface area contributed by atoms with Gasteiger partial charge in [-0.1, -0.05) is 42.5 Å². The molecule has 0 aliphatic rings. The number of carboxylic acid groups (broad SMARTS) is 1. The summed E-state index contributed by atoms with van der Waals surface area (Å²) in [4.78, 5) is 23.4. The largest absolute Gasteiger partial charge is 2.00 e. The summed E-state index contributed by atoms with van der Waals surface area (Å²) < 4.78 is 0. The van der Waals surface area contributed by atoms with E-state index in [2.05, 4.69) is 5.32 Å². The molecule has 5 nitrogen and oxygen atoms in total. The second kappa shape index (κ2) is 9.79. The molecule has 0 bridgehead atoms. The van der Waals surface area contributed by atoms with E-state index in [0.29, 0.717) is 11.3 Å². The molecule has 2 aromatic carbocycles. The summed E-state index contributed by atoms with van der Waals surface area (Å²) in [6.07, 6.45) is 0. The summed E-state index contributed by atoms with van der Waals surface area (Å²) in [5.74, 6) is -2.59. The number of amides is 1. The third-order valence-corrected chi connectivity index (χ3v) is 3.73. The van der Waals surface area contributed by atoms with Crippen molar-refractivity contribution in [1.29, 1.82) is 0 Å². The van der Waals surface area contributed by atoms with Crippen molar-refractivity contribution < 1.29 is 22.7 Å². The maximum atomic E-state index is 12.4. The molecule has 124 valence electrons. The predicted molar refractivity (Wildman–Crippen MR) is 95.4 cm³/mol. The smallest absolute Gasteiger partial charge is 1.00 e. The molecule has 0 radical (unpaired) electrons. The topological polar surface area (TPSA) is 86.6 Å². The number of benzene rings is 2. The normalized spacial score (nSPS) is 12.6. The van der Waals surface area contributed by atoms with Crippen molar-refractivity contribution in [3.63, 3.8) is 0 Å². The fourth-order valence-corrected chi connectivity index (χ4v) is 2.28. The van der Waals surface area contributed by atoms with Crippen LogP contribution in [0.3, 0.4) is 0 Å². The summed E-state index contributed by atoms with van der Waals surface area (Å²) in [5, 5.41) is 21.3. The van der Waals surface area contributed by atoms with Crippen molar-refractivity contribution >= 4 is 55.3 Å². The van der Waals surface area contributed by atoms with Gasteiger partial charge in [0.15, 0.2) is 0 Å². The van der Waals surface area contributed by atoms with Crippen LogP contribution < -0.4 is 5.32 Å². The molecular formula is C18H21CaNO4. The Labute approximate surface area is 173 Å². The van der Waals surface area contributed by atoms with Crippen LogP contribution in [0.4, 0.5) is 5.69 Å². The number of aliphatic carboxylic acids is 1. The van der Waals surface area contributed by atoms with Gasteiger partial charge >= 0.3 is 43.7 Å². The third-order valence-electron chi connectivity index (χ3n) is 3.73. The molecule has 1 amide bonds. The Morgan fingerprint density at radius 1 is 1.08 bits per heavy atom. The van der Waals surface area contributed by atoms with Gasteiger partial charge in [-0.3, -0.25) is 9.59 Å². The fourth-order valence-electron chi connectivity index (χ4n) is 2.28. The SMILES string of the molecule is CC(C(=O)O)c1cccc(NC(=O)C(CO)c2ccccc2)c1.[Ca+2].[H-].[H-]. The molecule has 0 aromatic heterocycles. The molecule has 0 fully saturated rings. The monoisotopic (exact) mass is 355 g/mol. The van der Waals surface area contributed by atoms with Crippen molar-refractivity contribution in [2.75, 3.05) is 11.9 Å². The molecular weight excluding hydrogens is 334 g/mol. The summed E-state index contributed by atoms with van der Waals surface area (Å²) in [6.45, 7) is 1.28. The van der Waals surface area contributed by atoms with Gasteiger partial charge in [0.2, 0.25) is 5.91 Å². The van der Waals surface area contributed by atoms with Gasteiger partial charge in [-0.05, 0) is 30.2 Å². The van der Waals surface area contributed by atoms with Crippen LogP contribution in [0.5, 0.6) is 0 Å². The number of rotatable bonds is 6.